The maximum absolute atomic E-state index is 12.9. The summed E-state index contributed by atoms with van der Waals surface area (Å²) in [5, 5.41) is 7.00. The minimum Gasteiger partial charge on any atom is -0.319 e. The van der Waals surface area contributed by atoms with E-state index in [1.54, 1.807) is 47.4 Å². The van der Waals surface area contributed by atoms with Crippen molar-refractivity contribution in [1.82, 2.24) is 9.78 Å². The van der Waals surface area contributed by atoms with Crippen LogP contribution in [0, 0.1) is 5.82 Å². The predicted octanol–water partition coefficient (Wildman–Crippen LogP) is 4.06. The van der Waals surface area contributed by atoms with Crippen LogP contribution in [0.15, 0.2) is 60.9 Å². The van der Waals surface area contributed by atoms with Crippen LogP contribution in [0.5, 0.6) is 0 Å². The Morgan fingerprint density at radius 3 is 2.71 bits per heavy atom. The molecule has 6 heteroatoms. The van der Waals surface area contributed by atoms with Crippen LogP contribution >= 0.6 is 11.6 Å². The largest absolute Gasteiger partial charge is 0.319 e. The molecule has 3 rings (SSSR count). The van der Waals surface area contributed by atoms with Crippen LogP contribution in [-0.2, 0) is 12.4 Å². The van der Waals surface area contributed by atoms with Gasteiger partial charge in [-0.2, -0.15) is 5.10 Å². The van der Waals surface area contributed by atoms with Gasteiger partial charge in [-0.05, 0) is 35.4 Å². The van der Waals surface area contributed by atoms with Gasteiger partial charge >= 0.3 is 0 Å². The molecule has 0 aliphatic heterocycles. The predicted molar refractivity (Wildman–Crippen MR) is 91.7 cm³/mol. The number of amides is 1. The van der Waals surface area contributed by atoms with E-state index < -0.39 is 0 Å². The highest BCUT2D eigenvalue weighted by Gasteiger charge is 2.08. The van der Waals surface area contributed by atoms with E-state index in [1.807, 2.05) is 6.07 Å². The normalized spacial score (nSPS) is 10.6. The summed E-state index contributed by atoms with van der Waals surface area (Å²) in [5.74, 6) is -0.133. The van der Waals surface area contributed by atoms with Gasteiger partial charge in [0, 0.05) is 17.6 Å². The molecular formula is C18H15ClFN3O. The van der Waals surface area contributed by atoms with Gasteiger partial charge in [0.1, 0.15) is 5.82 Å². The van der Waals surface area contributed by atoms with Crippen LogP contribution in [0.25, 0.3) is 0 Å². The lowest BCUT2D eigenvalue weighted by atomic mass is 10.1. The first-order valence-corrected chi connectivity index (χ1v) is 7.90. The number of rotatable bonds is 5. The Labute approximate surface area is 143 Å². The average molecular weight is 344 g/mol. The molecule has 0 bridgehead atoms. The monoisotopic (exact) mass is 343 g/mol. The van der Waals surface area contributed by atoms with Gasteiger partial charge in [0.05, 0.1) is 18.4 Å². The van der Waals surface area contributed by atoms with E-state index >= 15 is 0 Å². The Balaban J connectivity index is 1.67. The molecule has 0 unspecified atom stereocenters. The summed E-state index contributed by atoms with van der Waals surface area (Å²) in [7, 11) is 0. The lowest BCUT2D eigenvalue weighted by Gasteiger charge is -2.04. The molecule has 24 heavy (non-hydrogen) atoms. The van der Waals surface area contributed by atoms with Crippen molar-refractivity contribution in [2.24, 2.45) is 0 Å². The minimum absolute atomic E-state index is 0.219. The Bertz CT molecular complexity index is 845. The zero-order valence-electron chi connectivity index (χ0n) is 12.7. The van der Waals surface area contributed by atoms with E-state index in [9.17, 15) is 9.18 Å². The zero-order valence-corrected chi connectivity index (χ0v) is 13.5. The molecule has 0 aliphatic rings. The number of carbonyl (C=O) groups is 1. The first-order chi connectivity index (χ1) is 11.6. The molecule has 0 saturated heterocycles. The summed E-state index contributed by atoms with van der Waals surface area (Å²) < 4.78 is 14.6. The van der Waals surface area contributed by atoms with Crippen LogP contribution in [0.1, 0.15) is 21.5 Å². The van der Waals surface area contributed by atoms with Crippen molar-refractivity contribution < 1.29 is 9.18 Å². The summed E-state index contributed by atoms with van der Waals surface area (Å²) in [6, 6.07) is 13.4. The number of hydrogen-bond acceptors (Lipinski definition) is 2. The first kappa shape index (κ1) is 16.2. The second-order valence-corrected chi connectivity index (χ2v) is 5.61. The van der Waals surface area contributed by atoms with Crippen molar-refractivity contribution in [3.8, 4) is 0 Å². The second kappa shape index (κ2) is 7.27. The summed E-state index contributed by atoms with van der Waals surface area (Å²) in [5.41, 5.74) is 2.95. The van der Waals surface area contributed by atoms with Gasteiger partial charge in [-0.1, -0.05) is 24.3 Å². The molecule has 4 nitrogen and oxygen atoms in total. The smallest absolute Gasteiger partial charge is 0.255 e. The quantitative estimate of drug-likeness (QED) is 0.710. The first-order valence-electron chi connectivity index (χ1n) is 7.37. The molecule has 0 aliphatic carbocycles. The van der Waals surface area contributed by atoms with E-state index in [0.29, 0.717) is 23.7 Å². The zero-order chi connectivity index (χ0) is 16.9. The Kier molecular flexibility index (Phi) is 4.91. The molecule has 1 N–H and O–H groups in total. The van der Waals surface area contributed by atoms with E-state index in [2.05, 4.69) is 10.4 Å². The SMILES string of the molecule is O=C(Nc1cnn(Cc2ccc(F)cc2)c1)c1cccc(CCl)c1. The number of aromatic nitrogens is 2. The van der Waals surface area contributed by atoms with Gasteiger partial charge in [-0.15, -0.1) is 11.6 Å². The fourth-order valence-corrected chi connectivity index (χ4v) is 2.46. The van der Waals surface area contributed by atoms with Crippen molar-refractivity contribution in [2.75, 3.05) is 5.32 Å². The Morgan fingerprint density at radius 2 is 1.96 bits per heavy atom. The van der Waals surface area contributed by atoms with Crippen molar-refractivity contribution >= 4 is 23.2 Å². The maximum atomic E-state index is 12.9. The molecule has 0 saturated carbocycles. The summed E-state index contributed by atoms with van der Waals surface area (Å²) >= 11 is 5.79. The molecule has 3 aromatic rings. The summed E-state index contributed by atoms with van der Waals surface area (Å²) in [6.07, 6.45) is 3.31. The average Bonchev–Trinajstić information content (AvgIpc) is 3.04. The molecule has 122 valence electrons. The third-order valence-corrected chi connectivity index (χ3v) is 3.80. The van der Waals surface area contributed by atoms with Gasteiger partial charge in [0.25, 0.3) is 5.91 Å². The van der Waals surface area contributed by atoms with Crippen molar-refractivity contribution in [3.63, 3.8) is 0 Å². The molecule has 1 heterocycles. The van der Waals surface area contributed by atoms with Crippen LogP contribution in [-0.4, -0.2) is 15.7 Å². The van der Waals surface area contributed by atoms with E-state index in [4.69, 9.17) is 11.6 Å². The Morgan fingerprint density at radius 1 is 1.17 bits per heavy atom. The molecule has 1 aromatic heterocycles. The number of alkyl halides is 1. The number of benzene rings is 2. The second-order valence-electron chi connectivity index (χ2n) is 5.34. The van der Waals surface area contributed by atoms with Gasteiger partial charge in [-0.25, -0.2) is 4.39 Å². The maximum Gasteiger partial charge on any atom is 0.255 e. The number of nitrogens with zero attached hydrogens (tertiary/aromatic N) is 2. The standard InChI is InChI=1S/C18H15ClFN3O/c19-9-14-2-1-3-15(8-14)18(24)22-17-10-21-23(12-17)11-13-4-6-16(20)7-5-13/h1-8,10,12H,9,11H2,(H,22,24). The van der Waals surface area contributed by atoms with Crippen molar-refractivity contribution in [2.45, 2.75) is 12.4 Å². The van der Waals surface area contributed by atoms with E-state index in [0.717, 1.165) is 11.1 Å². The number of halogens is 2. The lowest BCUT2D eigenvalue weighted by molar-refractivity contribution is 0.102. The molecule has 0 spiro atoms. The summed E-state index contributed by atoms with van der Waals surface area (Å²) in [4.78, 5) is 12.3. The molecule has 2 aromatic carbocycles. The fraction of sp³-hybridized carbons (Fsp3) is 0.111. The van der Waals surface area contributed by atoms with Crippen LogP contribution in [0.2, 0.25) is 0 Å². The topological polar surface area (TPSA) is 46.9 Å². The van der Waals surface area contributed by atoms with E-state index in [-0.39, 0.29) is 11.7 Å². The van der Waals surface area contributed by atoms with Gasteiger partial charge < -0.3 is 5.32 Å². The van der Waals surface area contributed by atoms with Gasteiger partial charge in [0.15, 0.2) is 0 Å². The van der Waals surface area contributed by atoms with Crippen LogP contribution < -0.4 is 5.32 Å². The van der Waals surface area contributed by atoms with Crippen molar-refractivity contribution in [1.29, 1.82) is 0 Å². The van der Waals surface area contributed by atoms with Crippen molar-refractivity contribution in [3.05, 3.63) is 83.4 Å². The summed E-state index contributed by atoms with van der Waals surface area (Å²) in [6.45, 7) is 0.498. The third kappa shape index (κ3) is 4.00. The van der Waals surface area contributed by atoms with Gasteiger partial charge in [0.2, 0.25) is 0 Å². The Hall–Kier alpha value is -2.66. The number of carbonyl (C=O) groups excluding carboxylic acids is 1. The molecule has 1 amide bonds. The molecule has 0 fully saturated rings. The number of anilines is 1. The molecule has 0 atom stereocenters. The minimum atomic E-state index is -0.272. The third-order valence-electron chi connectivity index (χ3n) is 3.49. The molecular weight excluding hydrogens is 329 g/mol. The van der Waals surface area contributed by atoms with Gasteiger partial charge in [-0.3, -0.25) is 9.48 Å². The highest BCUT2D eigenvalue weighted by atomic mass is 35.5. The fourth-order valence-electron chi connectivity index (χ4n) is 2.29. The van der Waals surface area contributed by atoms with E-state index in [1.165, 1.54) is 12.1 Å². The van der Waals surface area contributed by atoms with Crippen LogP contribution in [0.4, 0.5) is 10.1 Å². The highest BCUT2D eigenvalue weighted by Crippen LogP contribution is 2.12. The highest BCUT2D eigenvalue weighted by molar-refractivity contribution is 6.17. The molecule has 0 radical (unpaired) electrons. The van der Waals surface area contributed by atoms with Crippen LogP contribution in [0.3, 0.4) is 0 Å². The lowest BCUT2D eigenvalue weighted by Crippen LogP contribution is -2.11. The number of hydrogen-bond donors (Lipinski definition) is 1. The number of nitrogens with one attached hydrogen (secondary N) is 1.